The summed E-state index contributed by atoms with van der Waals surface area (Å²) in [6.45, 7) is 3.91. The predicted molar refractivity (Wildman–Crippen MR) is 225 cm³/mol. The van der Waals surface area contributed by atoms with Crippen molar-refractivity contribution in [1.29, 1.82) is 0 Å². The summed E-state index contributed by atoms with van der Waals surface area (Å²) in [6.07, 6.45) is 2.03. The molecule has 3 fully saturated rings. The summed E-state index contributed by atoms with van der Waals surface area (Å²) in [5.74, 6) is -0.118. The number of aliphatic hydroxyl groups excluding tert-OH is 1. The summed E-state index contributed by atoms with van der Waals surface area (Å²) >= 11 is 0. The van der Waals surface area contributed by atoms with Crippen LogP contribution in [-0.4, -0.2) is 90.0 Å². The maximum atomic E-state index is 13.3. The second-order valence-electron chi connectivity index (χ2n) is 15.2. The Morgan fingerprint density at radius 1 is 0.850 bits per heavy atom. The van der Waals surface area contributed by atoms with Gasteiger partial charge in [0, 0.05) is 36.7 Å². The standard InChI is InChI=1S/C46H51N5O9/c52-37-18-16-34(35-17-19-41(54)49-44(35)37)38(53)26-47-22-6-7-23-48-42(55)29-59-45(56)33-14-12-30(13-15-33)28-58-39-11-5-4-10-36(39)43(32-8-2-1-3-9-32)50-46(57)60-40-27-51-24-20-31(40)21-25-51/h1-5,8-19,31,38,40,43,47,52-53H,6-7,20-29H2,(H,48,55)(H,49,54)(H,50,57)/t38-,40-,43?/m0/s1. The number of phenols is 1. The van der Waals surface area contributed by atoms with Crippen molar-refractivity contribution in [3.63, 3.8) is 0 Å². The highest BCUT2D eigenvalue weighted by Gasteiger charge is 2.37. The van der Waals surface area contributed by atoms with Crippen LogP contribution < -0.4 is 26.2 Å². The van der Waals surface area contributed by atoms with Gasteiger partial charge in [-0.2, -0.15) is 0 Å². The molecule has 1 aromatic heterocycles. The number of para-hydroxylation sites is 1. The number of nitrogens with zero attached hydrogens (tertiary/aromatic N) is 1. The molecule has 8 rings (SSSR count). The number of carbonyl (C=O) groups is 3. The molecule has 3 saturated heterocycles. The van der Waals surface area contributed by atoms with E-state index in [2.05, 4.69) is 25.8 Å². The molecule has 0 spiro atoms. The molecule has 0 saturated carbocycles. The number of amides is 2. The number of aromatic hydroxyl groups is 1. The van der Waals surface area contributed by atoms with Crippen LogP contribution in [-0.2, 0) is 20.9 Å². The number of benzene rings is 4. The summed E-state index contributed by atoms with van der Waals surface area (Å²) in [6, 6.07) is 29.5. The van der Waals surface area contributed by atoms with Crippen LogP contribution in [0.25, 0.3) is 10.9 Å². The zero-order valence-corrected chi connectivity index (χ0v) is 33.3. The van der Waals surface area contributed by atoms with Gasteiger partial charge in [-0.1, -0.05) is 66.7 Å². The van der Waals surface area contributed by atoms with E-state index >= 15 is 0 Å². The van der Waals surface area contributed by atoms with Gasteiger partial charge >= 0.3 is 12.1 Å². The molecule has 60 heavy (non-hydrogen) atoms. The van der Waals surface area contributed by atoms with Gasteiger partial charge in [0.1, 0.15) is 24.2 Å². The molecule has 3 aliphatic heterocycles. The lowest BCUT2D eigenvalue weighted by atomic mass is 9.86. The van der Waals surface area contributed by atoms with Crippen molar-refractivity contribution < 1.29 is 38.8 Å². The predicted octanol–water partition coefficient (Wildman–Crippen LogP) is 5.10. The topological polar surface area (TPSA) is 192 Å². The van der Waals surface area contributed by atoms with Gasteiger partial charge in [0.2, 0.25) is 5.56 Å². The Bertz CT molecular complexity index is 2290. The van der Waals surface area contributed by atoms with Gasteiger partial charge in [0.15, 0.2) is 6.61 Å². The fourth-order valence-electron chi connectivity index (χ4n) is 7.83. The summed E-state index contributed by atoms with van der Waals surface area (Å²) in [4.78, 5) is 55.0. The minimum atomic E-state index is -0.860. The van der Waals surface area contributed by atoms with Gasteiger partial charge in [-0.25, -0.2) is 9.59 Å². The van der Waals surface area contributed by atoms with Crippen molar-refractivity contribution in [1.82, 2.24) is 25.8 Å². The van der Waals surface area contributed by atoms with Crippen LogP contribution in [0, 0.1) is 5.92 Å². The summed E-state index contributed by atoms with van der Waals surface area (Å²) in [5, 5.41) is 30.4. The number of hydrogen-bond acceptors (Lipinski definition) is 11. The molecule has 314 valence electrons. The molecule has 3 aliphatic rings. The lowest BCUT2D eigenvalue weighted by molar-refractivity contribution is -0.124. The molecule has 14 heteroatoms. The highest BCUT2D eigenvalue weighted by Crippen LogP contribution is 2.33. The molecule has 2 amide bonds. The van der Waals surface area contributed by atoms with Crippen molar-refractivity contribution in [2.45, 2.75) is 50.5 Å². The fourth-order valence-corrected chi connectivity index (χ4v) is 7.83. The van der Waals surface area contributed by atoms with E-state index < -0.39 is 36.7 Å². The van der Waals surface area contributed by atoms with Crippen LogP contribution in [0.15, 0.2) is 108 Å². The minimum absolute atomic E-state index is 0.0678. The number of ether oxygens (including phenoxy) is 3. The van der Waals surface area contributed by atoms with Gasteiger partial charge < -0.3 is 45.4 Å². The number of nitrogens with one attached hydrogen (secondary N) is 4. The van der Waals surface area contributed by atoms with Gasteiger partial charge in [-0.05, 0) is 98.3 Å². The molecule has 0 aliphatic carbocycles. The average Bonchev–Trinajstić information content (AvgIpc) is 3.27. The first-order chi connectivity index (χ1) is 29.2. The first-order valence-corrected chi connectivity index (χ1v) is 20.4. The van der Waals surface area contributed by atoms with E-state index in [1.54, 1.807) is 36.4 Å². The van der Waals surface area contributed by atoms with Crippen molar-refractivity contribution in [2.75, 3.05) is 45.9 Å². The number of unbranched alkanes of at least 4 members (excludes halogenated alkanes) is 1. The van der Waals surface area contributed by atoms with Gasteiger partial charge in [0.05, 0.1) is 23.2 Å². The molecule has 14 nitrogen and oxygen atoms in total. The second kappa shape index (κ2) is 20.2. The zero-order valence-electron chi connectivity index (χ0n) is 33.3. The van der Waals surface area contributed by atoms with E-state index in [0.717, 1.165) is 55.6 Å². The van der Waals surface area contributed by atoms with Crippen molar-refractivity contribution >= 4 is 28.9 Å². The minimum Gasteiger partial charge on any atom is -0.506 e. The summed E-state index contributed by atoms with van der Waals surface area (Å²) < 4.78 is 17.5. The first-order valence-electron chi connectivity index (χ1n) is 20.4. The third-order valence-corrected chi connectivity index (χ3v) is 11.1. The molecule has 5 aromatic rings. The number of H-pyrrole nitrogens is 1. The largest absolute Gasteiger partial charge is 0.506 e. The summed E-state index contributed by atoms with van der Waals surface area (Å²) in [7, 11) is 0. The molecule has 4 heterocycles. The van der Waals surface area contributed by atoms with Crippen LogP contribution in [0.5, 0.6) is 11.5 Å². The number of piperidine rings is 3. The highest BCUT2D eigenvalue weighted by atomic mass is 16.6. The third kappa shape index (κ3) is 10.9. The van der Waals surface area contributed by atoms with Crippen molar-refractivity contribution in [2.24, 2.45) is 5.92 Å². The maximum absolute atomic E-state index is 13.3. The number of pyridine rings is 1. The number of phenolic OH excluding ortho intramolecular Hbond substituents is 1. The Morgan fingerprint density at radius 2 is 1.60 bits per heavy atom. The number of aromatic amines is 1. The lowest BCUT2D eigenvalue weighted by Crippen LogP contribution is -2.52. The number of fused-ring (bicyclic) bond motifs is 4. The Hall–Kier alpha value is -6.22. The van der Waals surface area contributed by atoms with Crippen LogP contribution in [0.4, 0.5) is 4.79 Å². The fraction of sp³-hybridized carbons (Fsp3) is 0.348. The van der Waals surface area contributed by atoms with E-state index in [9.17, 15) is 29.4 Å². The van der Waals surface area contributed by atoms with Crippen LogP contribution >= 0.6 is 0 Å². The Balaban J connectivity index is 0.825. The third-order valence-electron chi connectivity index (χ3n) is 11.1. The molecular weight excluding hydrogens is 767 g/mol. The molecule has 1 unspecified atom stereocenters. The number of rotatable bonds is 18. The first kappa shape index (κ1) is 41.9. The monoisotopic (exact) mass is 817 g/mol. The van der Waals surface area contributed by atoms with E-state index in [0.29, 0.717) is 47.7 Å². The number of alkyl carbamates (subject to hydrolysis) is 1. The van der Waals surface area contributed by atoms with E-state index in [4.69, 9.17) is 14.2 Å². The van der Waals surface area contributed by atoms with Gasteiger partial charge in [-0.15, -0.1) is 0 Å². The van der Waals surface area contributed by atoms with E-state index in [1.807, 2.05) is 54.6 Å². The Labute approximate surface area is 347 Å². The van der Waals surface area contributed by atoms with Crippen LogP contribution in [0.2, 0.25) is 0 Å². The Kier molecular flexibility index (Phi) is 14.1. The number of aromatic nitrogens is 1. The SMILES string of the molecule is O=C(COC(=O)c1ccc(COc2ccccc2C(NC(=O)O[C@H]2CN3CCC2CC3)c2ccccc2)cc1)NCCCCNC[C@H](O)c1ccc(O)c2[nH]c(=O)ccc12. The Morgan fingerprint density at radius 3 is 2.37 bits per heavy atom. The highest BCUT2D eigenvalue weighted by molar-refractivity contribution is 5.91. The molecule has 0 radical (unpaired) electrons. The van der Waals surface area contributed by atoms with E-state index in [1.165, 1.54) is 12.1 Å². The number of aliphatic hydroxyl groups is 1. The molecule has 2 bridgehead atoms. The number of hydrogen-bond donors (Lipinski definition) is 6. The normalized spacial score (nSPS) is 18.0. The second-order valence-corrected chi connectivity index (χ2v) is 15.2. The molecule has 6 N–H and O–H groups in total. The zero-order chi connectivity index (χ0) is 41.8. The summed E-state index contributed by atoms with van der Waals surface area (Å²) in [5.41, 5.74) is 3.29. The lowest BCUT2D eigenvalue weighted by Gasteiger charge is -2.43. The number of carbonyl (C=O) groups excluding carboxylic acids is 3. The molecular formula is C46H51N5O9. The van der Waals surface area contributed by atoms with Gasteiger partial charge in [0.25, 0.3) is 5.91 Å². The van der Waals surface area contributed by atoms with Crippen molar-refractivity contribution in [3.05, 3.63) is 141 Å². The average molecular weight is 818 g/mol. The van der Waals surface area contributed by atoms with Crippen LogP contribution in [0.3, 0.4) is 0 Å². The quantitative estimate of drug-likeness (QED) is 0.0510. The maximum Gasteiger partial charge on any atom is 0.408 e. The molecule has 3 atom stereocenters. The smallest absolute Gasteiger partial charge is 0.408 e. The van der Waals surface area contributed by atoms with Crippen molar-refractivity contribution in [3.8, 4) is 11.5 Å². The van der Waals surface area contributed by atoms with E-state index in [-0.39, 0.29) is 36.1 Å². The van der Waals surface area contributed by atoms with Gasteiger partial charge in [-0.3, -0.25) is 14.5 Å². The number of esters is 1. The van der Waals surface area contributed by atoms with Crippen LogP contribution in [0.1, 0.15) is 70.4 Å². The molecule has 4 aromatic carbocycles.